The number of carbonyl (C=O) groups is 1. The quantitative estimate of drug-likeness (QED) is 0.844. The Bertz CT molecular complexity index is 901. The van der Waals surface area contributed by atoms with Crippen LogP contribution >= 0.6 is 22.9 Å². The van der Waals surface area contributed by atoms with Crippen molar-refractivity contribution in [3.05, 3.63) is 40.2 Å². The Hall–Kier alpha value is -1.37. The molecule has 4 nitrogen and oxygen atoms in total. The fraction of sp³-hybridized carbons (Fsp3) is 0.312. The summed E-state index contributed by atoms with van der Waals surface area (Å²) in [4.78, 5) is 12.9. The van der Waals surface area contributed by atoms with E-state index in [9.17, 15) is 13.2 Å². The number of amides is 1. The van der Waals surface area contributed by atoms with Gasteiger partial charge in [-0.2, -0.15) is 0 Å². The summed E-state index contributed by atoms with van der Waals surface area (Å²) in [6.07, 6.45) is 3.53. The van der Waals surface area contributed by atoms with Gasteiger partial charge in [0.15, 0.2) is 9.84 Å². The monoisotopic (exact) mass is 369 g/mol. The number of halogens is 1. The van der Waals surface area contributed by atoms with Crippen LogP contribution < -0.4 is 5.32 Å². The summed E-state index contributed by atoms with van der Waals surface area (Å²) >= 11 is 7.84. The van der Waals surface area contributed by atoms with Gasteiger partial charge in [0.25, 0.3) is 0 Å². The molecule has 1 aromatic carbocycles. The van der Waals surface area contributed by atoms with E-state index < -0.39 is 15.4 Å². The summed E-state index contributed by atoms with van der Waals surface area (Å²) in [5, 5.41) is 4.39. The second-order valence-corrected chi connectivity index (χ2v) is 9.65. The Morgan fingerprint density at radius 2 is 2.13 bits per heavy atom. The van der Waals surface area contributed by atoms with Crippen LogP contribution in [0.3, 0.4) is 0 Å². The van der Waals surface area contributed by atoms with Gasteiger partial charge in [0.05, 0.1) is 22.1 Å². The molecule has 0 bridgehead atoms. The van der Waals surface area contributed by atoms with Crippen molar-refractivity contribution in [3.8, 4) is 0 Å². The highest BCUT2D eigenvalue weighted by molar-refractivity contribution is 7.91. The van der Waals surface area contributed by atoms with Crippen LogP contribution in [0.5, 0.6) is 0 Å². The van der Waals surface area contributed by atoms with Gasteiger partial charge in [0.2, 0.25) is 5.91 Å². The largest absolute Gasteiger partial charge is 0.346 e. The number of thiophene rings is 1. The Morgan fingerprint density at radius 3 is 2.78 bits per heavy atom. The number of sulfone groups is 1. The Morgan fingerprint density at radius 1 is 1.39 bits per heavy atom. The normalized spacial score (nSPS) is 23.6. The molecule has 122 valence electrons. The molecule has 1 saturated heterocycles. The molecule has 0 radical (unpaired) electrons. The molecule has 1 atom stereocenters. The standard InChI is InChI=1S/C16H16ClNO3S2/c1-16(8-9-23(20,21)10-16)18-14(19)7-6-13-15(17)11-4-2-3-5-12(11)22-13/h2-7H,8-10H2,1H3,(H,18,19)/b7-6+. The molecule has 1 aliphatic heterocycles. The van der Waals surface area contributed by atoms with Crippen LogP contribution in [0.4, 0.5) is 0 Å². The van der Waals surface area contributed by atoms with Gasteiger partial charge in [-0.05, 0) is 25.5 Å². The first-order valence-corrected chi connectivity index (χ1v) is 10.2. The van der Waals surface area contributed by atoms with Crippen molar-refractivity contribution >= 4 is 54.8 Å². The average molecular weight is 370 g/mol. The lowest BCUT2D eigenvalue weighted by atomic mass is 10.0. The lowest BCUT2D eigenvalue weighted by Gasteiger charge is -2.22. The molecule has 1 N–H and O–H groups in total. The first-order valence-electron chi connectivity index (χ1n) is 7.16. The van der Waals surface area contributed by atoms with E-state index in [0.29, 0.717) is 11.4 Å². The number of fused-ring (bicyclic) bond motifs is 1. The molecular weight excluding hydrogens is 354 g/mol. The zero-order valence-corrected chi connectivity index (χ0v) is 14.9. The maximum Gasteiger partial charge on any atom is 0.244 e. The van der Waals surface area contributed by atoms with Gasteiger partial charge in [0.1, 0.15) is 0 Å². The lowest BCUT2D eigenvalue weighted by molar-refractivity contribution is -0.117. The van der Waals surface area contributed by atoms with Crippen molar-refractivity contribution in [2.45, 2.75) is 18.9 Å². The van der Waals surface area contributed by atoms with Gasteiger partial charge in [-0.1, -0.05) is 29.8 Å². The number of hydrogen-bond acceptors (Lipinski definition) is 4. The van der Waals surface area contributed by atoms with Gasteiger partial charge in [-0.15, -0.1) is 11.3 Å². The van der Waals surface area contributed by atoms with Crippen LogP contribution in [0.1, 0.15) is 18.2 Å². The maximum absolute atomic E-state index is 12.1. The number of rotatable bonds is 3. The smallest absolute Gasteiger partial charge is 0.244 e. The topological polar surface area (TPSA) is 63.2 Å². The van der Waals surface area contributed by atoms with E-state index in [2.05, 4.69) is 5.32 Å². The van der Waals surface area contributed by atoms with Crippen molar-refractivity contribution in [3.63, 3.8) is 0 Å². The number of hydrogen-bond donors (Lipinski definition) is 1. The molecular formula is C16H16ClNO3S2. The van der Waals surface area contributed by atoms with Crippen LogP contribution in [0.2, 0.25) is 5.02 Å². The van der Waals surface area contributed by atoms with Crippen LogP contribution in [0.25, 0.3) is 16.2 Å². The van der Waals surface area contributed by atoms with Crippen molar-refractivity contribution in [1.29, 1.82) is 0 Å². The number of nitrogens with one attached hydrogen (secondary N) is 1. The third-order valence-electron chi connectivity index (χ3n) is 3.87. The van der Waals surface area contributed by atoms with Crippen molar-refractivity contribution in [2.75, 3.05) is 11.5 Å². The Labute approximate surface area is 144 Å². The van der Waals surface area contributed by atoms with E-state index in [1.165, 1.54) is 17.4 Å². The molecule has 3 rings (SSSR count). The van der Waals surface area contributed by atoms with Gasteiger partial charge in [0, 0.05) is 21.0 Å². The molecule has 1 aromatic heterocycles. The first kappa shape index (κ1) is 16.5. The molecule has 0 spiro atoms. The van der Waals surface area contributed by atoms with E-state index in [1.807, 2.05) is 24.3 Å². The van der Waals surface area contributed by atoms with Crippen LogP contribution in [0.15, 0.2) is 30.3 Å². The predicted molar refractivity (Wildman–Crippen MR) is 95.7 cm³/mol. The third kappa shape index (κ3) is 3.59. The minimum atomic E-state index is -3.05. The molecule has 1 fully saturated rings. The van der Waals surface area contributed by atoms with Gasteiger partial charge in [-0.3, -0.25) is 4.79 Å². The molecule has 23 heavy (non-hydrogen) atoms. The highest BCUT2D eigenvalue weighted by Gasteiger charge is 2.39. The molecule has 7 heteroatoms. The molecule has 1 unspecified atom stereocenters. The van der Waals surface area contributed by atoms with Gasteiger partial charge in [-0.25, -0.2) is 8.42 Å². The summed E-state index contributed by atoms with van der Waals surface area (Å²) in [5.41, 5.74) is -0.690. The van der Waals surface area contributed by atoms with E-state index in [4.69, 9.17) is 11.6 Å². The van der Waals surface area contributed by atoms with Gasteiger partial charge < -0.3 is 5.32 Å². The zero-order valence-electron chi connectivity index (χ0n) is 12.5. The van der Waals surface area contributed by atoms with Crippen LogP contribution in [-0.4, -0.2) is 31.4 Å². The third-order valence-corrected chi connectivity index (χ3v) is 7.43. The van der Waals surface area contributed by atoms with Crippen molar-refractivity contribution < 1.29 is 13.2 Å². The lowest BCUT2D eigenvalue weighted by Crippen LogP contribution is -2.46. The summed E-state index contributed by atoms with van der Waals surface area (Å²) < 4.78 is 24.2. The highest BCUT2D eigenvalue weighted by atomic mass is 35.5. The highest BCUT2D eigenvalue weighted by Crippen LogP contribution is 2.35. The number of carbonyl (C=O) groups excluding carboxylic acids is 1. The Balaban J connectivity index is 1.74. The average Bonchev–Trinajstić information content (AvgIpc) is 2.94. The molecule has 1 amide bonds. The SMILES string of the molecule is CC1(NC(=O)/C=C/c2sc3ccccc3c2Cl)CCS(=O)(=O)C1. The van der Waals surface area contributed by atoms with E-state index in [-0.39, 0.29) is 17.4 Å². The molecule has 2 aromatic rings. The number of benzene rings is 1. The Kier molecular flexibility index (Phi) is 4.25. The summed E-state index contributed by atoms with van der Waals surface area (Å²) in [6, 6.07) is 7.78. The van der Waals surface area contributed by atoms with E-state index in [0.717, 1.165) is 15.0 Å². The van der Waals surface area contributed by atoms with Crippen molar-refractivity contribution in [2.24, 2.45) is 0 Å². The fourth-order valence-electron chi connectivity index (χ4n) is 2.74. The maximum atomic E-state index is 12.1. The summed E-state index contributed by atoms with van der Waals surface area (Å²) in [6.45, 7) is 1.76. The molecule has 0 saturated carbocycles. The zero-order chi connectivity index (χ0) is 16.7. The predicted octanol–water partition coefficient (Wildman–Crippen LogP) is 3.26. The van der Waals surface area contributed by atoms with Crippen LogP contribution in [-0.2, 0) is 14.6 Å². The minimum Gasteiger partial charge on any atom is -0.346 e. The second kappa shape index (κ2) is 5.92. The first-order chi connectivity index (χ1) is 10.8. The van der Waals surface area contributed by atoms with Crippen LogP contribution in [0, 0.1) is 0 Å². The summed E-state index contributed by atoms with van der Waals surface area (Å²) in [5.74, 6) is -0.197. The summed E-state index contributed by atoms with van der Waals surface area (Å²) in [7, 11) is -3.05. The van der Waals surface area contributed by atoms with E-state index in [1.54, 1.807) is 13.0 Å². The van der Waals surface area contributed by atoms with E-state index >= 15 is 0 Å². The molecule has 0 aliphatic carbocycles. The molecule has 2 heterocycles. The minimum absolute atomic E-state index is 0.0107. The fourth-order valence-corrected chi connectivity index (χ4v) is 6.23. The second-order valence-electron chi connectivity index (χ2n) is 6.00. The molecule has 1 aliphatic rings. The van der Waals surface area contributed by atoms with Crippen molar-refractivity contribution in [1.82, 2.24) is 5.32 Å². The van der Waals surface area contributed by atoms with Gasteiger partial charge >= 0.3 is 0 Å².